The highest BCUT2D eigenvalue weighted by Gasteiger charge is 2.18. The van der Waals surface area contributed by atoms with Crippen LogP contribution >= 0.6 is 0 Å². The molecule has 0 aliphatic carbocycles. The highest BCUT2D eigenvalue weighted by atomic mass is 16.6. The van der Waals surface area contributed by atoms with Crippen LogP contribution in [0.1, 0.15) is 17.5 Å². The van der Waals surface area contributed by atoms with E-state index in [-0.39, 0.29) is 18.5 Å². The van der Waals surface area contributed by atoms with E-state index in [0.717, 1.165) is 5.56 Å². The Labute approximate surface area is 104 Å². The van der Waals surface area contributed by atoms with Gasteiger partial charge in [0.1, 0.15) is 12.2 Å². The Morgan fingerprint density at radius 3 is 2.61 bits per heavy atom. The lowest BCUT2D eigenvalue weighted by Crippen LogP contribution is -2.12. The number of nitro groups is 1. The fourth-order valence-electron chi connectivity index (χ4n) is 1.54. The number of Topliss-reactive ketones (excluding diaryl/α,β-unsaturated/α-hetero) is 1. The average molecular weight is 251 g/mol. The third-order valence-corrected chi connectivity index (χ3v) is 2.39. The summed E-state index contributed by atoms with van der Waals surface area (Å²) in [6.07, 6.45) is -0.519. The maximum absolute atomic E-state index is 11.5. The minimum Gasteiger partial charge on any atom is -0.469 e. The van der Waals surface area contributed by atoms with E-state index in [1.54, 1.807) is 19.1 Å². The van der Waals surface area contributed by atoms with Gasteiger partial charge in [-0.05, 0) is 13.0 Å². The number of ketones is 1. The highest BCUT2D eigenvalue weighted by molar-refractivity contribution is 5.96. The Kier molecular flexibility index (Phi) is 4.53. The van der Waals surface area contributed by atoms with Crippen molar-refractivity contribution >= 4 is 17.4 Å². The molecule has 1 aromatic carbocycles. The number of benzene rings is 1. The fraction of sp³-hybridized carbons (Fsp3) is 0.333. The molecule has 0 radical (unpaired) electrons. The van der Waals surface area contributed by atoms with Crippen LogP contribution in [-0.4, -0.2) is 23.8 Å². The molecule has 0 unspecified atom stereocenters. The minimum atomic E-state index is -0.643. The summed E-state index contributed by atoms with van der Waals surface area (Å²) in [4.78, 5) is 32.7. The first-order chi connectivity index (χ1) is 8.43. The fourth-order valence-corrected chi connectivity index (χ4v) is 1.54. The van der Waals surface area contributed by atoms with E-state index in [2.05, 4.69) is 4.74 Å². The Hall–Kier alpha value is -2.24. The van der Waals surface area contributed by atoms with Crippen LogP contribution in [0.2, 0.25) is 0 Å². The summed E-state index contributed by atoms with van der Waals surface area (Å²) in [6.45, 7) is 1.78. The number of aryl methyl sites for hydroxylation is 1. The van der Waals surface area contributed by atoms with Crippen molar-refractivity contribution in [1.82, 2.24) is 0 Å². The summed E-state index contributed by atoms with van der Waals surface area (Å²) in [6, 6.07) is 4.54. The summed E-state index contributed by atoms with van der Waals surface area (Å²) < 4.78 is 4.37. The number of hydrogen-bond acceptors (Lipinski definition) is 5. The van der Waals surface area contributed by atoms with Crippen molar-refractivity contribution in [3.8, 4) is 0 Å². The van der Waals surface area contributed by atoms with Gasteiger partial charge in [-0.3, -0.25) is 19.7 Å². The van der Waals surface area contributed by atoms with E-state index in [9.17, 15) is 19.7 Å². The Bertz CT molecular complexity index is 495. The lowest BCUT2D eigenvalue weighted by atomic mass is 10.0. The molecule has 1 rings (SSSR count). The average Bonchev–Trinajstić information content (AvgIpc) is 2.28. The summed E-state index contributed by atoms with van der Waals surface area (Å²) in [7, 11) is 1.19. The molecule has 0 aliphatic heterocycles. The zero-order valence-corrected chi connectivity index (χ0v) is 10.1. The van der Waals surface area contributed by atoms with Crippen LogP contribution in [0.25, 0.3) is 0 Å². The molecule has 6 heteroatoms. The van der Waals surface area contributed by atoms with Crippen molar-refractivity contribution in [2.75, 3.05) is 7.11 Å². The van der Waals surface area contributed by atoms with E-state index < -0.39 is 16.7 Å². The van der Waals surface area contributed by atoms with E-state index in [0.29, 0.717) is 5.56 Å². The molecule has 0 aliphatic rings. The van der Waals surface area contributed by atoms with Crippen LogP contribution in [0.3, 0.4) is 0 Å². The molecule has 0 N–H and O–H groups in total. The lowest BCUT2D eigenvalue weighted by molar-refractivity contribution is -0.385. The predicted octanol–water partition coefficient (Wildman–Crippen LogP) is 1.58. The molecule has 96 valence electrons. The molecule has 0 aromatic heterocycles. The van der Waals surface area contributed by atoms with Gasteiger partial charge in [0, 0.05) is 18.1 Å². The summed E-state index contributed by atoms with van der Waals surface area (Å²) >= 11 is 0. The Morgan fingerprint density at radius 1 is 1.39 bits per heavy atom. The number of hydrogen-bond donors (Lipinski definition) is 0. The first-order valence-electron chi connectivity index (χ1n) is 5.26. The monoisotopic (exact) mass is 251 g/mol. The molecule has 0 saturated carbocycles. The molecule has 0 spiro atoms. The Balaban J connectivity index is 2.89. The number of rotatable bonds is 5. The minimum absolute atomic E-state index is 0.112. The second-order valence-corrected chi connectivity index (χ2v) is 3.86. The van der Waals surface area contributed by atoms with Crippen LogP contribution < -0.4 is 0 Å². The number of methoxy groups -OCH3 is 1. The maximum Gasteiger partial charge on any atom is 0.313 e. The first kappa shape index (κ1) is 13.8. The molecule has 0 saturated heterocycles. The van der Waals surface area contributed by atoms with Gasteiger partial charge in [0.2, 0.25) is 0 Å². The van der Waals surface area contributed by atoms with Gasteiger partial charge in [0.05, 0.1) is 12.0 Å². The number of esters is 1. The molecule has 18 heavy (non-hydrogen) atoms. The van der Waals surface area contributed by atoms with Crippen molar-refractivity contribution in [3.05, 3.63) is 39.4 Å². The van der Waals surface area contributed by atoms with Crippen molar-refractivity contribution < 1.29 is 19.2 Å². The number of carbonyl (C=O) groups is 2. The number of carbonyl (C=O) groups excluding carboxylic acids is 2. The van der Waals surface area contributed by atoms with Crippen LogP contribution in [-0.2, 0) is 20.7 Å². The van der Waals surface area contributed by atoms with Crippen LogP contribution in [0.15, 0.2) is 18.2 Å². The molecule has 0 amide bonds. The number of nitrogens with zero attached hydrogens (tertiary/aromatic N) is 1. The van der Waals surface area contributed by atoms with E-state index in [1.165, 1.54) is 13.2 Å². The molecule has 0 heterocycles. The zero-order chi connectivity index (χ0) is 13.7. The SMILES string of the molecule is COC(=O)CC(=O)Cc1cc(C)ccc1[N+](=O)[O-]. The van der Waals surface area contributed by atoms with Gasteiger partial charge in [0.25, 0.3) is 5.69 Å². The van der Waals surface area contributed by atoms with Crippen LogP contribution in [0.5, 0.6) is 0 Å². The van der Waals surface area contributed by atoms with Gasteiger partial charge < -0.3 is 4.74 Å². The zero-order valence-electron chi connectivity index (χ0n) is 10.1. The highest BCUT2D eigenvalue weighted by Crippen LogP contribution is 2.20. The van der Waals surface area contributed by atoms with E-state index in [1.807, 2.05) is 0 Å². The number of ether oxygens (including phenoxy) is 1. The molecular formula is C12H13NO5. The van der Waals surface area contributed by atoms with Crippen molar-refractivity contribution in [1.29, 1.82) is 0 Å². The molecule has 1 aromatic rings. The van der Waals surface area contributed by atoms with E-state index >= 15 is 0 Å². The van der Waals surface area contributed by atoms with Gasteiger partial charge >= 0.3 is 5.97 Å². The van der Waals surface area contributed by atoms with Gasteiger partial charge in [-0.1, -0.05) is 11.6 Å². The third kappa shape index (κ3) is 3.65. The maximum atomic E-state index is 11.5. The normalized spacial score (nSPS) is 9.89. The summed E-state index contributed by atoms with van der Waals surface area (Å²) in [5, 5.41) is 10.8. The first-order valence-corrected chi connectivity index (χ1v) is 5.26. The largest absolute Gasteiger partial charge is 0.469 e. The summed E-state index contributed by atoms with van der Waals surface area (Å²) in [5.41, 5.74) is 1.02. The second-order valence-electron chi connectivity index (χ2n) is 3.86. The quantitative estimate of drug-likeness (QED) is 0.343. The standard InChI is InChI=1S/C12H13NO5/c1-8-3-4-11(13(16)17)9(5-8)6-10(14)7-12(15)18-2/h3-5H,6-7H2,1-2H3. The number of nitro benzene ring substituents is 1. The van der Waals surface area contributed by atoms with Crippen LogP contribution in [0.4, 0.5) is 5.69 Å². The van der Waals surface area contributed by atoms with E-state index in [4.69, 9.17) is 0 Å². The van der Waals surface area contributed by atoms with Crippen LogP contribution in [0, 0.1) is 17.0 Å². The Morgan fingerprint density at radius 2 is 2.06 bits per heavy atom. The molecular weight excluding hydrogens is 238 g/mol. The second kappa shape index (κ2) is 5.90. The van der Waals surface area contributed by atoms with Crippen molar-refractivity contribution in [2.24, 2.45) is 0 Å². The topological polar surface area (TPSA) is 86.5 Å². The third-order valence-electron chi connectivity index (χ3n) is 2.39. The van der Waals surface area contributed by atoms with Gasteiger partial charge in [0.15, 0.2) is 0 Å². The molecule has 0 bridgehead atoms. The predicted molar refractivity (Wildman–Crippen MR) is 63.2 cm³/mol. The van der Waals surface area contributed by atoms with Crippen molar-refractivity contribution in [2.45, 2.75) is 19.8 Å². The van der Waals surface area contributed by atoms with Gasteiger partial charge in [-0.25, -0.2) is 0 Å². The van der Waals surface area contributed by atoms with Gasteiger partial charge in [-0.2, -0.15) is 0 Å². The van der Waals surface area contributed by atoms with Gasteiger partial charge in [-0.15, -0.1) is 0 Å². The molecule has 6 nitrogen and oxygen atoms in total. The molecule has 0 fully saturated rings. The lowest BCUT2D eigenvalue weighted by Gasteiger charge is -2.03. The van der Waals surface area contributed by atoms with Crippen molar-refractivity contribution in [3.63, 3.8) is 0 Å². The summed E-state index contributed by atoms with van der Waals surface area (Å²) in [5.74, 6) is -1.05. The smallest absolute Gasteiger partial charge is 0.313 e. The molecule has 0 atom stereocenters.